The quantitative estimate of drug-likeness (QED) is 0.825. The van der Waals surface area contributed by atoms with Gasteiger partial charge in [-0.2, -0.15) is 0 Å². The molecular weight excluding hydrogens is 228 g/mol. The van der Waals surface area contributed by atoms with E-state index in [0.29, 0.717) is 5.92 Å². The van der Waals surface area contributed by atoms with Crippen molar-refractivity contribution in [3.63, 3.8) is 0 Å². The van der Waals surface area contributed by atoms with Crippen LogP contribution in [0.3, 0.4) is 0 Å². The van der Waals surface area contributed by atoms with Crippen LogP contribution in [0.15, 0.2) is 0 Å². The minimum atomic E-state index is -0.338. The molecule has 2 fully saturated rings. The zero-order chi connectivity index (χ0) is 13.2. The molecular formula is C14H26N2O2. The van der Waals surface area contributed by atoms with Crippen LogP contribution in [0, 0.1) is 11.3 Å². The van der Waals surface area contributed by atoms with Crippen LogP contribution in [0.1, 0.15) is 39.5 Å². The first-order valence-corrected chi connectivity index (χ1v) is 7.20. The van der Waals surface area contributed by atoms with Gasteiger partial charge in [0.15, 0.2) is 0 Å². The number of ether oxygens (including phenoxy) is 1. The largest absolute Gasteiger partial charge is 0.381 e. The molecule has 0 aromatic heterocycles. The summed E-state index contributed by atoms with van der Waals surface area (Å²) in [6, 6.07) is 0.0267. The molecule has 2 rings (SSSR count). The molecule has 18 heavy (non-hydrogen) atoms. The second kappa shape index (κ2) is 5.57. The van der Waals surface area contributed by atoms with Crippen LogP contribution >= 0.6 is 0 Å². The molecule has 104 valence electrons. The second-order valence-electron chi connectivity index (χ2n) is 5.99. The van der Waals surface area contributed by atoms with E-state index in [2.05, 4.69) is 6.92 Å². The van der Waals surface area contributed by atoms with Crippen molar-refractivity contribution in [2.75, 3.05) is 26.3 Å². The van der Waals surface area contributed by atoms with Crippen LogP contribution < -0.4 is 5.73 Å². The summed E-state index contributed by atoms with van der Waals surface area (Å²) in [6.45, 7) is 7.34. The van der Waals surface area contributed by atoms with Crippen LogP contribution in [-0.2, 0) is 9.53 Å². The van der Waals surface area contributed by atoms with E-state index in [9.17, 15) is 4.79 Å². The Hall–Kier alpha value is -0.610. The molecule has 0 radical (unpaired) electrons. The van der Waals surface area contributed by atoms with Gasteiger partial charge in [0.2, 0.25) is 5.91 Å². The average Bonchev–Trinajstić information content (AvgIpc) is 2.97. The maximum Gasteiger partial charge on any atom is 0.230 e. The summed E-state index contributed by atoms with van der Waals surface area (Å²) < 4.78 is 5.39. The van der Waals surface area contributed by atoms with Crippen LogP contribution in [0.25, 0.3) is 0 Å². The average molecular weight is 254 g/mol. The third-order valence-corrected chi connectivity index (χ3v) is 4.69. The van der Waals surface area contributed by atoms with E-state index < -0.39 is 0 Å². The van der Waals surface area contributed by atoms with E-state index in [1.165, 1.54) is 0 Å². The molecule has 1 saturated carbocycles. The van der Waals surface area contributed by atoms with E-state index in [0.717, 1.165) is 52.0 Å². The highest BCUT2D eigenvalue weighted by Crippen LogP contribution is 2.38. The summed E-state index contributed by atoms with van der Waals surface area (Å²) in [5.74, 6) is 0.761. The smallest absolute Gasteiger partial charge is 0.230 e. The predicted octanol–water partition coefficient (Wildman–Crippen LogP) is 1.39. The topological polar surface area (TPSA) is 55.6 Å². The lowest BCUT2D eigenvalue weighted by molar-refractivity contribution is -0.142. The van der Waals surface area contributed by atoms with Gasteiger partial charge in [0.05, 0.1) is 12.0 Å². The Bertz CT molecular complexity index is 302. The molecule has 0 bridgehead atoms. The highest BCUT2D eigenvalue weighted by Gasteiger charge is 2.45. The van der Waals surface area contributed by atoms with Gasteiger partial charge in [0, 0.05) is 31.7 Å². The monoisotopic (exact) mass is 254 g/mol. The fraction of sp³-hybridized carbons (Fsp3) is 0.929. The minimum absolute atomic E-state index is 0.0267. The molecule has 0 aromatic carbocycles. The van der Waals surface area contributed by atoms with Crippen molar-refractivity contribution < 1.29 is 9.53 Å². The lowest BCUT2D eigenvalue weighted by atomic mass is 9.83. The molecule has 4 heteroatoms. The minimum Gasteiger partial charge on any atom is -0.381 e. The lowest BCUT2D eigenvalue weighted by Crippen LogP contribution is -2.50. The van der Waals surface area contributed by atoms with Crippen LogP contribution in [-0.4, -0.2) is 43.2 Å². The number of hydrogen-bond acceptors (Lipinski definition) is 3. The maximum atomic E-state index is 12.7. The fourth-order valence-corrected chi connectivity index (χ4v) is 3.21. The van der Waals surface area contributed by atoms with Crippen LogP contribution in [0.5, 0.6) is 0 Å². The first kappa shape index (κ1) is 13.8. The van der Waals surface area contributed by atoms with Crippen molar-refractivity contribution in [1.29, 1.82) is 0 Å². The molecule has 0 spiro atoms. The first-order chi connectivity index (χ1) is 8.58. The second-order valence-corrected chi connectivity index (χ2v) is 5.99. The summed E-state index contributed by atoms with van der Waals surface area (Å²) in [6.07, 6.45) is 4.07. The number of amides is 1. The number of rotatable bonds is 4. The van der Waals surface area contributed by atoms with Gasteiger partial charge in [-0.3, -0.25) is 4.79 Å². The highest BCUT2D eigenvalue weighted by atomic mass is 16.5. The molecule has 3 unspecified atom stereocenters. The Labute approximate surface area is 110 Å². The molecule has 2 aliphatic rings. The Morgan fingerprint density at radius 2 is 2.28 bits per heavy atom. The number of carbonyl (C=O) groups is 1. The maximum absolute atomic E-state index is 12.7. The zero-order valence-corrected chi connectivity index (χ0v) is 11.7. The zero-order valence-electron chi connectivity index (χ0n) is 11.7. The Morgan fingerprint density at radius 1 is 1.50 bits per heavy atom. The highest BCUT2D eigenvalue weighted by molar-refractivity contribution is 5.83. The molecule has 0 aromatic rings. The van der Waals surface area contributed by atoms with Gasteiger partial charge in [-0.05, 0) is 33.1 Å². The molecule has 1 aliphatic carbocycles. The van der Waals surface area contributed by atoms with Gasteiger partial charge in [0.1, 0.15) is 0 Å². The molecule has 1 aliphatic heterocycles. The van der Waals surface area contributed by atoms with E-state index in [-0.39, 0.29) is 17.4 Å². The summed E-state index contributed by atoms with van der Waals surface area (Å²) >= 11 is 0. The molecule has 1 heterocycles. The Balaban J connectivity index is 2.00. The molecule has 1 amide bonds. The molecule has 2 N–H and O–H groups in total. The van der Waals surface area contributed by atoms with Gasteiger partial charge in [-0.15, -0.1) is 0 Å². The first-order valence-electron chi connectivity index (χ1n) is 7.20. The van der Waals surface area contributed by atoms with Crippen LogP contribution in [0.2, 0.25) is 0 Å². The van der Waals surface area contributed by atoms with Gasteiger partial charge in [0.25, 0.3) is 0 Å². The lowest BCUT2D eigenvalue weighted by Gasteiger charge is -2.35. The van der Waals surface area contributed by atoms with E-state index in [4.69, 9.17) is 10.5 Å². The third-order valence-electron chi connectivity index (χ3n) is 4.69. The molecule has 3 atom stereocenters. The number of nitrogens with two attached hydrogens (primary N) is 1. The standard InChI is InChI=1S/C14H26N2O2/c1-3-16(9-11-6-8-18-10-11)13(17)14(2)7-4-5-12(14)15/h11-12H,3-10,15H2,1-2H3. The molecule has 4 nitrogen and oxygen atoms in total. The van der Waals surface area contributed by atoms with Gasteiger partial charge in [-0.1, -0.05) is 6.42 Å². The van der Waals surface area contributed by atoms with Crippen molar-refractivity contribution >= 4 is 5.91 Å². The summed E-state index contributed by atoms with van der Waals surface area (Å²) in [5, 5.41) is 0. The summed E-state index contributed by atoms with van der Waals surface area (Å²) in [7, 11) is 0. The number of carbonyl (C=O) groups excluding carboxylic acids is 1. The van der Waals surface area contributed by atoms with E-state index in [1.807, 2.05) is 11.8 Å². The van der Waals surface area contributed by atoms with Crippen molar-refractivity contribution in [3.8, 4) is 0 Å². The van der Waals surface area contributed by atoms with E-state index in [1.54, 1.807) is 0 Å². The summed E-state index contributed by atoms with van der Waals surface area (Å²) in [4.78, 5) is 14.7. The van der Waals surface area contributed by atoms with E-state index >= 15 is 0 Å². The predicted molar refractivity (Wildman–Crippen MR) is 71.1 cm³/mol. The van der Waals surface area contributed by atoms with Gasteiger partial charge >= 0.3 is 0 Å². The number of nitrogens with zero attached hydrogens (tertiary/aromatic N) is 1. The van der Waals surface area contributed by atoms with Gasteiger partial charge in [-0.25, -0.2) is 0 Å². The Kier molecular flexibility index (Phi) is 4.28. The van der Waals surface area contributed by atoms with Crippen molar-refractivity contribution in [1.82, 2.24) is 4.90 Å². The molecule has 1 saturated heterocycles. The fourth-order valence-electron chi connectivity index (χ4n) is 3.21. The SMILES string of the molecule is CCN(CC1CCOC1)C(=O)C1(C)CCCC1N. The van der Waals surface area contributed by atoms with Crippen molar-refractivity contribution in [2.24, 2.45) is 17.1 Å². The van der Waals surface area contributed by atoms with Crippen LogP contribution in [0.4, 0.5) is 0 Å². The van der Waals surface area contributed by atoms with Gasteiger partial charge < -0.3 is 15.4 Å². The van der Waals surface area contributed by atoms with Crippen molar-refractivity contribution in [2.45, 2.75) is 45.6 Å². The number of hydrogen-bond donors (Lipinski definition) is 1. The third kappa shape index (κ3) is 2.54. The Morgan fingerprint density at radius 3 is 2.78 bits per heavy atom. The summed E-state index contributed by atoms with van der Waals surface area (Å²) in [5.41, 5.74) is 5.80. The normalized spacial score (nSPS) is 35.9. The van der Waals surface area contributed by atoms with Crippen molar-refractivity contribution in [3.05, 3.63) is 0 Å².